The molecule has 0 aliphatic carbocycles. The number of hydrogen-bond acceptors (Lipinski definition) is 2. The number of thioether (sulfide) groups is 1. The van der Waals surface area contributed by atoms with E-state index < -0.39 is 0 Å². The van der Waals surface area contributed by atoms with Crippen LogP contribution in [-0.2, 0) is 0 Å². The lowest BCUT2D eigenvalue weighted by Gasteiger charge is -2.37. The second-order valence-corrected chi connectivity index (χ2v) is 10.0. The van der Waals surface area contributed by atoms with E-state index >= 15 is 0 Å². The molecule has 1 aliphatic rings. The van der Waals surface area contributed by atoms with Crippen LogP contribution in [0.5, 0.6) is 0 Å². The number of fused-ring (bicyclic) bond motifs is 1. The van der Waals surface area contributed by atoms with Gasteiger partial charge >= 0.3 is 0 Å². The Morgan fingerprint density at radius 2 is 1.61 bits per heavy atom. The van der Waals surface area contributed by atoms with Gasteiger partial charge in [-0.05, 0) is 60.6 Å². The molecular formula is C21H35NS. The van der Waals surface area contributed by atoms with Crippen LogP contribution in [0, 0.1) is 19.8 Å². The Kier molecular flexibility index (Phi) is 5.87. The second-order valence-electron chi connectivity index (χ2n) is 8.22. The third-order valence-electron chi connectivity index (χ3n) is 5.72. The summed E-state index contributed by atoms with van der Waals surface area (Å²) in [7, 11) is 0. The van der Waals surface area contributed by atoms with Gasteiger partial charge in [0.15, 0.2) is 0 Å². The highest BCUT2D eigenvalue weighted by atomic mass is 32.2. The molecule has 0 saturated carbocycles. The van der Waals surface area contributed by atoms with Crippen LogP contribution in [0.4, 0.5) is 0 Å². The topological polar surface area (TPSA) is 12.9 Å². The number of pyridine rings is 1. The quantitative estimate of drug-likeness (QED) is 0.606. The molecule has 1 aromatic heterocycles. The predicted molar refractivity (Wildman–Crippen MR) is 105 cm³/mol. The van der Waals surface area contributed by atoms with Crippen molar-refractivity contribution in [2.75, 3.05) is 0 Å². The van der Waals surface area contributed by atoms with E-state index in [0.29, 0.717) is 28.9 Å². The van der Waals surface area contributed by atoms with Crippen LogP contribution in [0.3, 0.4) is 0 Å². The molecule has 4 atom stereocenters. The molecule has 0 radical (unpaired) electrons. The monoisotopic (exact) mass is 333 g/mol. The van der Waals surface area contributed by atoms with Crippen molar-refractivity contribution < 1.29 is 0 Å². The summed E-state index contributed by atoms with van der Waals surface area (Å²) in [6, 6.07) is 0. The molecule has 130 valence electrons. The zero-order valence-electron chi connectivity index (χ0n) is 16.5. The Balaban J connectivity index is 2.80. The van der Waals surface area contributed by atoms with Crippen LogP contribution >= 0.6 is 11.8 Å². The number of aromatic nitrogens is 1. The van der Waals surface area contributed by atoms with E-state index in [4.69, 9.17) is 4.98 Å². The van der Waals surface area contributed by atoms with Crippen molar-refractivity contribution in [1.82, 2.24) is 4.98 Å². The highest BCUT2D eigenvalue weighted by molar-refractivity contribution is 8.00. The maximum absolute atomic E-state index is 5.07. The molecule has 0 spiro atoms. The van der Waals surface area contributed by atoms with Crippen molar-refractivity contribution in [3.63, 3.8) is 0 Å². The Labute approximate surface area is 148 Å². The lowest BCUT2D eigenvalue weighted by molar-refractivity contribution is 0.450. The van der Waals surface area contributed by atoms with Gasteiger partial charge in [-0.25, -0.2) is 0 Å². The van der Waals surface area contributed by atoms with Gasteiger partial charge in [0.2, 0.25) is 0 Å². The average molecular weight is 334 g/mol. The Morgan fingerprint density at radius 1 is 1.00 bits per heavy atom. The lowest BCUT2D eigenvalue weighted by Crippen LogP contribution is -2.26. The first-order valence-corrected chi connectivity index (χ1v) is 10.3. The first-order chi connectivity index (χ1) is 10.6. The van der Waals surface area contributed by atoms with E-state index in [9.17, 15) is 0 Å². The minimum Gasteiger partial charge on any atom is -0.257 e. The van der Waals surface area contributed by atoms with Gasteiger partial charge in [0.1, 0.15) is 0 Å². The minimum absolute atomic E-state index is 0.495. The molecular weight excluding hydrogens is 298 g/mol. The van der Waals surface area contributed by atoms with E-state index in [0.717, 1.165) is 5.25 Å². The van der Waals surface area contributed by atoms with Crippen LogP contribution in [0.1, 0.15) is 101 Å². The van der Waals surface area contributed by atoms with Gasteiger partial charge in [0, 0.05) is 21.9 Å². The fourth-order valence-corrected chi connectivity index (χ4v) is 5.55. The number of aryl methyl sites for hydroxylation is 1. The molecule has 2 rings (SSSR count). The van der Waals surface area contributed by atoms with Gasteiger partial charge in [-0.1, -0.05) is 48.5 Å². The molecule has 2 heterocycles. The molecule has 1 aromatic rings. The van der Waals surface area contributed by atoms with Crippen LogP contribution in [0.15, 0.2) is 0 Å². The fraction of sp³-hybridized carbons (Fsp3) is 0.762. The first-order valence-electron chi connectivity index (χ1n) is 9.31. The van der Waals surface area contributed by atoms with Crippen molar-refractivity contribution in [3.05, 3.63) is 28.1 Å². The van der Waals surface area contributed by atoms with Gasteiger partial charge in [-0.2, -0.15) is 11.8 Å². The summed E-state index contributed by atoms with van der Waals surface area (Å²) >= 11 is 2.18. The van der Waals surface area contributed by atoms with Crippen molar-refractivity contribution >= 4 is 11.8 Å². The molecule has 1 unspecified atom stereocenters. The molecule has 23 heavy (non-hydrogen) atoms. The van der Waals surface area contributed by atoms with Gasteiger partial charge < -0.3 is 0 Å². The molecule has 0 amide bonds. The highest BCUT2D eigenvalue weighted by Gasteiger charge is 2.34. The Morgan fingerprint density at radius 3 is 2.13 bits per heavy atom. The summed E-state index contributed by atoms with van der Waals surface area (Å²) in [5.74, 6) is 2.39. The maximum Gasteiger partial charge on any atom is 0.0470 e. The summed E-state index contributed by atoms with van der Waals surface area (Å²) in [5, 5.41) is 1.38. The molecule has 0 fully saturated rings. The van der Waals surface area contributed by atoms with Crippen molar-refractivity contribution in [3.8, 4) is 0 Å². The van der Waals surface area contributed by atoms with Crippen LogP contribution in [-0.4, -0.2) is 15.5 Å². The molecule has 1 nitrogen and oxygen atoms in total. The third-order valence-corrected chi connectivity index (χ3v) is 7.21. The normalized spacial score (nSPS) is 28.7. The predicted octanol–water partition coefficient (Wildman–Crippen LogP) is 6.58. The number of nitrogens with zero attached hydrogens (tertiary/aromatic N) is 1. The standard InChI is InChI=1S/C21H35NS/c1-11(2)18-10-13(5)23-17(9)15(7)19-14(6)16(8)22-21(12(3)4)20(18)19/h11-13,15,17-18H,10H2,1-9H3/t13-,15-,17+,18?/m1/s1. The average Bonchev–Trinajstić information content (AvgIpc) is 2.44. The zero-order chi connectivity index (χ0) is 17.5. The maximum atomic E-state index is 5.07. The van der Waals surface area contributed by atoms with Crippen LogP contribution < -0.4 is 0 Å². The highest BCUT2D eigenvalue weighted by Crippen LogP contribution is 2.47. The number of rotatable bonds is 2. The summed E-state index contributed by atoms with van der Waals surface area (Å²) < 4.78 is 0. The smallest absolute Gasteiger partial charge is 0.0470 e. The van der Waals surface area contributed by atoms with E-state index in [1.807, 2.05) is 0 Å². The molecule has 0 saturated heterocycles. The zero-order valence-corrected chi connectivity index (χ0v) is 17.3. The molecule has 0 bridgehead atoms. The van der Waals surface area contributed by atoms with Crippen LogP contribution in [0.2, 0.25) is 0 Å². The summed E-state index contributed by atoms with van der Waals surface area (Å²) in [6.07, 6.45) is 1.27. The Hall–Kier alpha value is -0.500. The second kappa shape index (κ2) is 7.17. The van der Waals surface area contributed by atoms with Gasteiger partial charge in [0.25, 0.3) is 0 Å². The minimum atomic E-state index is 0.495. The summed E-state index contributed by atoms with van der Waals surface area (Å²) in [6.45, 7) is 21.1. The molecule has 1 aliphatic heterocycles. The first kappa shape index (κ1) is 18.8. The molecule has 2 heteroatoms. The van der Waals surface area contributed by atoms with Crippen LogP contribution in [0.25, 0.3) is 0 Å². The van der Waals surface area contributed by atoms with Gasteiger partial charge in [-0.15, -0.1) is 0 Å². The molecule has 0 N–H and O–H groups in total. The van der Waals surface area contributed by atoms with E-state index in [1.54, 1.807) is 11.1 Å². The number of hydrogen-bond donors (Lipinski definition) is 0. The molecule has 0 aromatic carbocycles. The Bertz CT molecular complexity index is 561. The lowest BCUT2D eigenvalue weighted by atomic mass is 9.75. The van der Waals surface area contributed by atoms with Crippen molar-refractivity contribution in [1.29, 1.82) is 0 Å². The van der Waals surface area contributed by atoms with E-state index in [1.165, 1.54) is 23.4 Å². The van der Waals surface area contributed by atoms with Crippen molar-refractivity contribution in [2.45, 2.75) is 97.0 Å². The summed E-state index contributed by atoms with van der Waals surface area (Å²) in [4.78, 5) is 5.07. The largest absolute Gasteiger partial charge is 0.257 e. The summed E-state index contributed by atoms with van der Waals surface area (Å²) in [5.41, 5.74) is 7.24. The van der Waals surface area contributed by atoms with E-state index in [2.05, 4.69) is 74.1 Å². The van der Waals surface area contributed by atoms with Gasteiger partial charge in [0.05, 0.1) is 0 Å². The fourth-order valence-electron chi connectivity index (χ4n) is 4.13. The third kappa shape index (κ3) is 3.62. The van der Waals surface area contributed by atoms with Crippen molar-refractivity contribution in [2.24, 2.45) is 5.92 Å². The van der Waals surface area contributed by atoms with E-state index in [-0.39, 0.29) is 0 Å². The van der Waals surface area contributed by atoms with Gasteiger partial charge in [-0.3, -0.25) is 4.98 Å². The SMILES string of the molecule is Cc1nc(C(C)C)c2c(c1C)[C@H](C)[C@H](C)S[C@H](C)CC2C(C)C.